The van der Waals surface area contributed by atoms with Crippen LogP contribution in [0.5, 0.6) is 0 Å². The fraction of sp³-hybridized carbons (Fsp3) is 0.667. The summed E-state index contributed by atoms with van der Waals surface area (Å²) in [6, 6.07) is 0.536. The number of carboxylic acids is 1. The highest BCUT2D eigenvalue weighted by molar-refractivity contribution is 7.46. The monoisotopic (exact) mass is 267 g/mol. The van der Waals surface area contributed by atoms with Gasteiger partial charge in [0.1, 0.15) is 0 Å². The summed E-state index contributed by atoms with van der Waals surface area (Å²) in [6.07, 6.45) is 6.66. The minimum absolute atomic E-state index is 0.536. The Hall–Kier alpha value is -0.880. The molecule has 5 N–H and O–H groups in total. The standard InChI is InChI=1S/C6H13N.C3H5O6P/c7-6-4-2-1-3-5-6;1-2(3(4)5)9-10(6,7)8/h6H,1-5,7H2;1H2,(H,4,5)(H2,6,7,8). The van der Waals surface area contributed by atoms with Gasteiger partial charge >= 0.3 is 13.8 Å². The number of hydrogen-bond donors (Lipinski definition) is 4. The Morgan fingerprint density at radius 3 is 1.94 bits per heavy atom. The van der Waals surface area contributed by atoms with Crippen molar-refractivity contribution in [1.82, 2.24) is 0 Å². The highest BCUT2D eigenvalue weighted by Crippen LogP contribution is 2.38. The molecule has 0 unspecified atom stereocenters. The van der Waals surface area contributed by atoms with Crippen molar-refractivity contribution < 1.29 is 28.8 Å². The lowest BCUT2D eigenvalue weighted by Gasteiger charge is -2.15. The Morgan fingerprint density at radius 1 is 1.29 bits per heavy atom. The number of nitrogens with two attached hydrogens (primary N) is 1. The van der Waals surface area contributed by atoms with Crippen LogP contribution >= 0.6 is 7.82 Å². The summed E-state index contributed by atoms with van der Waals surface area (Å²) in [5.74, 6) is -2.59. The molecule has 0 bridgehead atoms. The van der Waals surface area contributed by atoms with Crippen molar-refractivity contribution in [2.45, 2.75) is 38.1 Å². The molecule has 0 spiro atoms. The van der Waals surface area contributed by atoms with Crippen LogP contribution in [0.1, 0.15) is 32.1 Å². The Balaban J connectivity index is 0.000000318. The van der Waals surface area contributed by atoms with Crippen LogP contribution in [0.4, 0.5) is 0 Å². The second kappa shape index (κ2) is 7.45. The minimum atomic E-state index is -4.76. The van der Waals surface area contributed by atoms with Crippen LogP contribution in [-0.4, -0.2) is 26.9 Å². The van der Waals surface area contributed by atoms with Gasteiger partial charge in [-0.1, -0.05) is 19.3 Å². The van der Waals surface area contributed by atoms with Crippen LogP contribution in [0.15, 0.2) is 12.3 Å². The van der Waals surface area contributed by atoms with E-state index in [0.29, 0.717) is 6.04 Å². The van der Waals surface area contributed by atoms with Crippen molar-refractivity contribution in [1.29, 1.82) is 0 Å². The maximum atomic E-state index is 9.89. The Morgan fingerprint density at radius 2 is 1.76 bits per heavy atom. The predicted molar refractivity (Wildman–Crippen MR) is 61.0 cm³/mol. The van der Waals surface area contributed by atoms with E-state index in [4.69, 9.17) is 20.6 Å². The Labute approximate surface area is 99.5 Å². The zero-order valence-electron chi connectivity index (χ0n) is 9.41. The van der Waals surface area contributed by atoms with E-state index in [0.717, 1.165) is 0 Å². The topological polar surface area (TPSA) is 130 Å². The summed E-state index contributed by atoms with van der Waals surface area (Å²) in [5, 5.41) is 7.98. The number of carboxylic acid groups (broad SMARTS) is 1. The molecule has 0 amide bonds. The van der Waals surface area contributed by atoms with Gasteiger partial charge in [0.25, 0.3) is 0 Å². The molecule has 1 saturated carbocycles. The van der Waals surface area contributed by atoms with Gasteiger partial charge < -0.3 is 15.4 Å². The molecule has 1 aliphatic rings. The van der Waals surface area contributed by atoms with E-state index in [-0.39, 0.29) is 0 Å². The Bertz CT molecular complexity index is 307. The number of aliphatic carboxylic acids is 1. The molecule has 0 radical (unpaired) electrons. The zero-order chi connectivity index (χ0) is 13.5. The van der Waals surface area contributed by atoms with Gasteiger partial charge in [0, 0.05) is 6.04 Å². The van der Waals surface area contributed by atoms with Crippen molar-refractivity contribution in [3.63, 3.8) is 0 Å². The van der Waals surface area contributed by atoms with Gasteiger partial charge in [-0.2, -0.15) is 0 Å². The lowest BCUT2D eigenvalue weighted by atomic mass is 9.97. The average molecular weight is 267 g/mol. The number of rotatable bonds is 3. The third-order valence-electron chi connectivity index (χ3n) is 2.12. The van der Waals surface area contributed by atoms with Crippen molar-refractivity contribution in [3.8, 4) is 0 Å². The van der Waals surface area contributed by atoms with E-state index in [1.807, 2.05) is 0 Å². The summed E-state index contributed by atoms with van der Waals surface area (Å²) in [4.78, 5) is 25.8. The molecule has 0 atom stereocenters. The van der Waals surface area contributed by atoms with E-state index in [2.05, 4.69) is 11.1 Å². The third-order valence-corrected chi connectivity index (χ3v) is 2.58. The van der Waals surface area contributed by atoms with E-state index in [9.17, 15) is 9.36 Å². The van der Waals surface area contributed by atoms with Gasteiger partial charge in [-0.25, -0.2) is 9.36 Å². The predicted octanol–water partition coefficient (Wildman–Crippen LogP) is 0.972. The van der Waals surface area contributed by atoms with E-state index in [1.54, 1.807) is 0 Å². The molecule has 0 heterocycles. The maximum absolute atomic E-state index is 9.89. The quantitative estimate of drug-likeness (QED) is 0.340. The fourth-order valence-corrected chi connectivity index (χ4v) is 1.68. The van der Waals surface area contributed by atoms with Crippen molar-refractivity contribution in [2.75, 3.05) is 0 Å². The molecule has 0 aromatic rings. The highest BCUT2D eigenvalue weighted by Gasteiger charge is 2.19. The molecule has 1 aliphatic carbocycles. The van der Waals surface area contributed by atoms with Crippen LogP contribution in [0.2, 0.25) is 0 Å². The lowest BCUT2D eigenvalue weighted by Crippen LogP contribution is -2.22. The van der Waals surface area contributed by atoms with Gasteiger partial charge in [-0.3, -0.25) is 9.79 Å². The van der Waals surface area contributed by atoms with E-state index < -0.39 is 19.6 Å². The number of phosphoric ester groups is 1. The molecule has 0 saturated heterocycles. The lowest BCUT2D eigenvalue weighted by molar-refractivity contribution is -0.135. The molecule has 17 heavy (non-hydrogen) atoms. The first-order valence-corrected chi connectivity index (χ1v) is 6.68. The van der Waals surface area contributed by atoms with Crippen LogP contribution in [0.25, 0.3) is 0 Å². The second-order valence-electron chi connectivity index (χ2n) is 3.71. The average Bonchev–Trinajstić information content (AvgIpc) is 2.17. The third kappa shape index (κ3) is 10.0. The van der Waals surface area contributed by atoms with Crippen molar-refractivity contribution in [3.05, 3.63) is 12.3 Å². The molecule has 1 rings (SSSR count). The van der Waals surface area contributed by atoms with Crippen LogP contribution in [0, 0.1) is 0 Å². The minimum Gasteiger partial charge on any atom is -0.475 e. The van der Waals surface area contributed by atoms with Crippen LogP contribution < -0.4 is 5.73 Å². The van der Waals surface area contributed by atoms with Crippen molar-refractivity contribution >= 4 is 13.8 Å². The van der Waals surface area contributed by atoms with Gasteiger partial charge in [0.05, 0.1) is 0 Å². The Kier molecular flexibility index (Phi) is 7.06. The molecule has 100 valence electrons. The fourth-order valence-electron chi connectivity index (χ4n) is 1.32. The molecule has 8 heteroatoms. The summed E-state index contributed by atoms with van der Waals surface area (Å²) >= 11 is 0. The molecule has 0 aromatic carbocycles. The highest BCUT2D eigenvalue weighted by atomic mass is 31.2. The normalized spacial score (nSPS) is 16.6. The number of carbonyl (C=O) groups is 1. The van der Waals surface area contributed by atoms with Crippen LogP contribution in [0.3, 0.4) is 0 Å². The number of phosphoric acid groups is 1. The SMILES string of the molecule is C=C(OP(=O)(O)O)C(=O)O.NC1CCCCC1. The largest absolute Gasteiger partial charge is 0.525 e. The summed E-state index contributed by atoms with van der Waals surface area (Å²) in [6.45, 7) is 2.73. The summed E-state index contributed by atoms with van der Waals surface area (Å²) in [7, 11) is -4.76. The summed E-state index contributed by atoms with van der Waals surface area (Å²) in [5.41, 5.74) is 5.63. The zero-order valence-corrected chi connectivity index (χ0v) is 10.3. The van der Waals surface area contributed by atoms with Crippen molar-refractivity contribution in [2.24, 2.45) is 5.73 Å². The number of hydrogen-bond acceptors (Lipinski definition) is 4. The maximum Gasteiger partial charge on any atom is 0.525 e. The first-order chi connectivity index (χ1) is 7.72. The smallest absolute Gasteiger partial charge is 0.475 e. The van der Waals surface area contributed by atoms with E-state index >= 15 is 0 Å². The van der Waals surface area contributed by atoms with E-state index in [1.165, 1.54) is 32.1 Å². The second-order valence-corrected chi connectivity index (χ2v) is 4.87. The molecule has 0 aromatic heterocycles. The summed E-state index contributed by atoms with van der Waals surface area (Å²) < 4.78 is 13.5. The van der Waals surface area contributed by atoms with Gasteiger partial charge in [0.2, 0.25) is 5.76 Å². The van der Waals surface area contributed by atoms with Gasteiger partial charge in [-0.15, -0.1) is 0 Å². The molecule has 0 aliphatic heterocycles. The first kappa shape index (κ1) is 16.1. The molecular weight excluding hydrogens is 249 g/mol. The van der Waals surface area contributed by atoms with Crippen LogP contribution in [-0.2, 0) is 13.9 Å². The first-order valence-electron chi connectivity index (χ1n) is 5.15. The molecular formula is C9H18NO6P. The van der Waals surface area contributed by atoms with Gasteiger partial charge in [-0.05, 0) is 19.4 Å². The van der Waals surface area contributed by atoms with Gasteiger partial charge in [0.15, 0.2) is 0 Å². The molecule has 1 fully saturated rings. The molecule has 7 nitrogen and oxygen atoms in total.